The van der Waals surface area contributed by atoms with E-state index >= 15 is 0 Å². The molecule has 0 aromatic rings. The van der Waals surface area contributed by atoms with Crippen LogP contribution in [0.3, 0.4) is 0 Å². The maximum absolute atomic E-state index is 10.9. The topological polar surface area (TPSA) is 62.1 Å². The van der Waals surface area contributed by atoms with Crippen molar-refractivity contribution < 1.29 is 9.53 Å². The number of carbonyl (C=O) groups excluding carboxylic acids is 1. The Kier molecular flexibility index (Phi) is 5.02. The van der Waals surface area contributed by atoms with E-state index in [2.05, 4.69) is 5.32 Å². The second kappa shape index (κ2) is 6.39. The molecule has 1 aliphatic rings. The van der Waals surface area contributed by atoms with Gasteiger partial charge in [0, 0.05) is 13.2 Å². The normalized spacial score (nSPS) is 21.2. The zero-order chi connectivity index (χ0) is 10.2. The second-order valence-corrected chi connectivity index (χ2v) is 3.46. The molecule has 0 radical (unpaired) electrons. The van der Waals surface area contributed by atoms with Crippen LogP contribution in [0.1, 0.15) is 32.1 Å². The van der Waals surface area contributed by atoms with E-state index in [4.69, 9.17) is 10.00 Å². The van der Waals surface area contributed by atoms with Gasteiger partial charge in [0.05, 0.1) is 12.2 Å². The SMILES string of the molecule is N#CCC(=O)NCCC1CCCCO1. The first-order valence-electron chi connectivity index (χ1n) is 5.08. The molecule has 0 saturated carbocycles. The number of nitrogens with one attached hydrogen (secondary N) is 1. The summed E-state index contributed by atoms with van der Waals surface area (Å²) in [6.07, 6.45) is 4.57. The zero-order valence-electron chi connectivity index (χ0n) is 8.29. The highest BCUT2D eigenvalue weighted by atomic mass is 16.5. The first kappa shape index (κ1) is 11.0. The smallest absolute Gasteiger partial charge is 0.234 e. The van der Waals surface area contributed by atoms with Gasteiger partial charge >= 0.3 is 0 Å². The van der Waals surface area contributed by atoms with E-state index in [0.717, 1.165) is 25.9 Å². The molecule has 1 N–H and O–H groups in total. The molecule has 4 nitrogen and oxygen atoms in total. The van der Waals surface area contributed by atoms with E-state index in [0.29, 0.717) is 12.6 Å². The molecule has 0 aliphatic carbocycles. The van der Waals surface area contributed by atoms with Crippen LogP contribution < -0.4 is 5.32 Å². The van der Waals surface area contributed by atoms with Crippen LogP contribution in [-0.4, -0.2) is 25.2 Å². The van der Waals surface area contributed by atoms with Crippen molar-refractivity contribution in [3.8, 4) is 6.07 Å². The van der Waals surface area contributed by atoms with E-state index < -0.39 is 0 Å². The Morgan fingerprint density at radius 1 is 1.57 bits per heavy atom. The molecule has 78 valence electrons. The monoisotopic (exact) mass is 196 g/mol. The fourth-order valence-electron chi connectivity index (χ4n) is 1.54. The van der Waals surface area contributed by atoms with Gasteiger partial charge in [-0.05, 0) is 25.7 Å². The van der Waals surface area contributed by atoms with E-state index in [9.17, 15) is 4.79 Å². The van der Waals surface area contributed by atoms with Crippen molar-refractivity contribution in [2.75, 3.05) is 13.2 Å². The van der Waals surface area contributed by atoms with E-state index in [1.54, 1.807) is 0 Å². The fourth-order valence-corrected chi connectivity index (χ4v) is 1.54. The van der Waals surface area contributed by atoms with Crippen LogP contribution in [0.4, 0.5) is 0 Å². The molecule has 0 aromatic carbocycles. The number of hydrogen-bond donors (Lipinski definition) is 1. The zero-order valence-corrected chi connectivity index (χ0v) is 8.29. The first-order chi connectivity index (χ1) is 6.83. The molecule has 0 spiro atoms. The molecule has 1 atom stereocenters. The molecule has 1 amide bonds. The lowest BCUT2D eigenvalue weighted by atomic mass is 10.1. The van der Waals surface area contributed by atoms with Crippen LogP contribution in [0.2, 0.25) is 0 Å². The summed E-state index contributed by atoms with van der Waals surface area (Å²) < 4.78 is 5.50. The minimum Gasteiger partial charge on any atom is -0.378 e. The molecule has 14 heavy (non-hydrogen) atoms. The highest BCUT2D eigenvalue weighted by molar-refractivity contribution is 5.77. The third-order valence-corrected chi connectivity index (χ3v) is 2.30. The van der Waals surface area contributed by atoms with Gasteiger partial charge < -0.3 is 10.1 Å². The fraction of sp³-hybridized carbons (Fsp3) is 0.800. The molecule has 1 rings (SSSR count). The van der Waals surface area contributed by atoms with Gasteiger partial charge in [0.25, 0.3) is 0 Å². The Bertz CT molecular complexity index is 217. The Hall–Kier alpha value is -1.08. The summed E-state index contributed by atoms with van der Waals surface area (Å²) in [5.41, 5.74) is 0. The predicted molar refractivity (Wildman–Crippen MR) is 51.4 cm³/mol. The maximum atomic E-state index is 10.9. The van der Waals surface area contributed by atoms with Crippen LogP contribution in [0.25, 0.3) is 0 Å². The quantitative estimate of drug-likeness (QED) is 0.729. The van der Waals surface area contributed by atoms with E-state index in [-0.39, 0.29) is 12.3 Å². The lowest BCUT2D eigenvalue weighted by molar-refractivity contribution is -0.120. The van der Waals surface area contributed by atoms with E-state index in [1.165, 1.54) is 6.42 Å². The summed E-state index contributed by atoms with van der Waals surface area (Å²) in [5.74, 6) is -0.191. The van der Waals surface area contributed by atoms with Gasteiger partial charge in [-0.1, -0.05) is 0 Å². The number of rotatable bonds is 4. The molecule has 1 heterocycles. The van der Waals surface area contributed by atoms with Gasteiger partial charge in [-0.25, -0.2) is 0 Å². The molecule has 0 aromatic heterocycles. The van der Waals surface area contributed by atoms with Crippen molar-refractivity contribution in [2.45, 2.75) is 38.2 Å². The highest BCUT2D eigenvalue weighted by Gasteiger charge is 2.13. The van der Waals surface area contributed by atoms with Gasteiger partial charge in [-0.15, -0.1) is 0 Å². The minimum atomic E-state index is -0.191. The van der Waals surface area contributed by atoms with Crippen LogP contribution in [0.5, 0.6) is 0 Å². The maximum Gasteiger partial charge on any atom is 0.234 e. The lowest BCUT2D eigenvalue weighted by Crippen LogP contribution is -2.29. The standard InChI is InChI=1S/C10H16N2O2/c11-6-4-10(13)12-7-5-9-3-1-2-8-14-9/h9H,1-5,7-8H2,(H,12,13). The number of nitriles is 1. The van der Waals surface area contributed by atoms with Gasteiger partial charge in [0.2, 0.25) is 5.91 Å². The summed E-state index contributed by atoms with van der Waals surface area (Å²) in [5, 5.41) is 10.9. The number of nitrogens with zero attached hydrogens (tertiary/aromatic N) is 1. The average Bonchev–Trinajstić information content (AvgIpc) is 2.20. The van der Waals surface area contributed by atoms with Crippen LogP contribution in [0, 0.1) is 11.3 Å². The minimum absolute atomic E-state index is 0.0501. The van der Waals surface area contributed by atoms with Crippen LogP contribution in [0.15, 0.2) is 0 Å². The van der Waals surface area contributed by atoms with Gasteiger partial charge in [-0.3, -0.25) is 4.79 Å². The summed E-state index contributed by atoms with van der Waals surface area (Å²) in [6.45, 7) is 1.46. The van der Waals surface area contributed by atoms with Gasteiger partial charge in [0.1, 0.15) is 6.42 Å². The van der Waals surface area contributed by atoms with Crippen LogP contribution >= 0.6 is 0 Å². The van der Waals surface area contributed by atoms with Gasteiger partial charge in [-0.2, -0.15) is 5.26 Å². The number of ether oxygens (including phenoxy) is 1. The van der Waals surface area contributed by atoms with Crippen LogP contribution in [-0.2, 0) is 9.53 Å². The Morgan fingerprint density at radius 2 is 2.43 bits per heavy atom. The van der Waals surface area contributed by atoms with Crippen molar-refractivity contribution in [3.05, 3.63) is 0 Å². The average molecular weight is 196 g/mol. The molecular weight excluding hydrogens is 180 g/mol. The molecular formula is C10H16N2O2. The van der Waals surface area contributed by atoms with Crippen molar-refractivity contribution >= 4 is 5.91 Å². The highest BCUT2D eigenvalue weighted by Crippen LogP contribution is 2.14. The second-order valence-electron chi connectivity index (χ2n) is 3.46. The molecule has 0 bridgehead atoms. The Labute approximate surface area is 84.2 Å². The third kappa shape index (κ3) is 4.24. The Balaban J connectivity index is 2.03. The van der Waals surface area contributed by atoms with Crippen molar-refractivity contribution in [3.63, 3.8) is 0 Å². The lowest BCUT2D eigenvalue weighted by Gasteiger charge is -2.22. The molecule has 4 heteroatoms. The molecule has 1 aliphatic heterocycles. The predicted octanol–water partition coefficient (Wildman–Crippen LogP) is 0.975. The summed E-state index contributed by atoms with van der Waals surface area (Å²) >= 11 is 0. The largest absolute Gasteiger partial charge is 0.378 e. The van der Waals surface area contributed by atoms with Crippen molar-refractivity contribution in [2.24, 2.45) is 0 Å². The number of hydrogen-bond acceptors (Lipinski definition) is 3. The van der Waals surface area contributed by atoms with Crippen molar-refractivity contribution in [1.82, 2.24) is 5.32 Å². The molecule has 1 saturated heterocycles. The summed E-state index contributed by atoms with van der Waals surface area (Å²) in [7, 11) is 0. The first-order valence-corrected chi connectivity index (χ1v) is 5.08. The molecule has 1 fully saturated rings. The summed E-state index contributed by atoms with van der Waals surface area (Å²) in [6, 6.07) is 1.81. The number of carbonyl (C=O) groups is 1. The Morgan fingerprint density at radius 3 is 3.07 bits per heavy atom. The summed E-state index contributed by atoms with van der Waals surface area (Å²) in [4.78, 5) is 10.9. The third-order valence-electron chi connectivity index (χ3n) is 2.30. The number of amides is 1. The van der Waals surface area contributed by atoms with E-state index in [1.807, 2.05) is 6.07 Å². The van der Waals surface area contributed by atoms with Gasteiger partial charge in [0.15, 0.2) is 0 Å². The molecule has 1 unspecified atom stereocenters. The van der Waals surface area contributed by atoms with Crippen molar-refractivity contribution in [1.29, 1.82) is 5.26 Å².